The Morgan fingerprint density at radius 2 is 2.03 bits per heavy atom. The minimum absolute atomic E-state index is 0.0772. The second kappa shape index (κ2) is 10.5. The molecule has 33 heavy (non-hydrogen) atoms. The second-order valence-corrected chi connectivity index (χ2v) is 8.36. The number of carbonyl (C=O) groups is 2. The van der Waals surface area contributed by atoms with E-state index in [0.29, 0.717) is 15.7 Å². The van der Waals surface area contributed by atoms with Gasteiger partial charge in [-0.05, 0) is 29.8 Å². The van der Waals surface area contributed by atoms with Crippen molar-refractivity contribution in [3.8, 4) is 11.8 Å². The highest BCUT2D eigenvalue weighted by atomic mass is 35.5. The van der Waals surface area contributed by atoms with Crippen LogP contribution in [-0.4, -0.2) is 34.7 Å². The molecule has 0 aliphatic rings. The van der Waals surface area contributed by atoms with E-state index in [9.17, 15) is 27.6 Å². The van der Waals surface area contributed by atoms with Gasteiger partial charge in [0.25, 0.3) is 17.9 Å². The van der Waals surface area contributed by atoms with E-state index in [1.165, 1.54) is 25.4 Å². The van der Waals surface area contributed by atoms with Crippen molar-refractivity contribution in [3.05, 3.63) is 84.4 Å². The van der Waals surface area contributed by atoms with Crippen molar-refractivity contribution in [1.82, 2.24) is 14.9 Å². The van der Waals surface area contributed by atoms with Crippen LogP contribution in [-0.2, 0) is 13.0 Å². The van der Waals surface area contributed by atoms with E-state index in [2.05, 4.69) is 22.1 Å². The Morgan fingerprint density at radius 3 is 2.73 bits per heavy atom. The highest BCUT2D eigenvalue weighted by molar-refractivity contribution is 7.18. The van der Waals surface area contributed by atoms with E-state index >= 15 is 0 Å². The summed E-state index contributed by atoms with van der Waals surface area (Å²) in [6.07, 6.45) is -0.688. The molecule has 0 aliphatic carbocycles. The Hall–Kier alpha value is -3.42. The normalized spacial score (nSPS) is 10.6. The predicted molar refractivity (Wildman–Crippen MR) is 118 cm³/mol. The maximum Gasteiger partial charge on any atom is 0.286 e. The van der Waals surface area contributed by atoms with Gasteiger partial charge in [-0.15, -0.1) is 11.3 Å². The predicted octanol–water partition coefficient (Wildman–Crippen LogP) is 3.55. The summed E-state index contributed by atoms with van der Waals surface area (Å²) in [5.41, 5.74) is -0.0305. The number of alkyl halides is 2. The first kappa shape index (κ1) is 24.2. The topological polar surface area (TPSA) is 81.1 Å². The molecule has 3 aromatic heterocycles. The molecule has 0 aliphatic heterocycles. The van der Waals surface area contributed by atoms with E-state index in [0.717, 1.165) is 23.6 Å². The fraction of sp³-hybridized carbons (Fsp3) is 0.182. The van der Waals surface area contributed by atoms with Crippen LogP contribution in [0.5, 0.6) is 0 Å². The third-order valence-electron chi connectivity index (χ3n) is 4.32. The number of carbonyl (C=O) groups excluding carboxylic acids is 2. The number of pyridine rings is 2. The molecule has 0 spiro atoms. The summed E-state index contributed by atoms with van der Waals surface area (Å²) >= 11 is 7.15. The number of halogens is 4. The summed E-state index contributed by atoms with van der Waals surface area (Å²) in [5.74, 6) is 3.65. The lowest BCUT2D eigenvalue weighted by molar-refractivity contribution is 0.0956. The van der Waals surface area contributed by atoms with Crippen LogP contribution < -0.4 is 10.9 Å². The molecule has 0 radical (unpaired) electrons. The van der Waals surface area contributed by atoms with E-state index < -0.39 is 30.1 Å². The average Bonchev–Trinajstić information content (AvgIpc) is 3.15. The van der Waals surface area contributed by atoms with Gasteiger partial charge < -0.3 is 9.88 Å². The largest absolute Gasteiger partial charge is 0.354 e. The summed E-state index contributed by atoms with van der Waals surface area (Å²) in [6, 6.07) is 5.43. The molecular formula is C22H15ClF3N3O3S. The molecule has 0 bridgehead atoms. The Balaban J connectivity index is 1.81. The standard InChI is InChI=1S/C22H15ClF3N3O3S/c1-27-21(31)16-7-12(4-5-28-16)2-3-14-9-18(33-20(14)23)17(30)8-13-6-15(24)22(32)29(10-13)11-19(25)26/h4-7,9-10,19H,8,11H2,1H3,(H,27,31). The van der Waals surface area contributed by atoms with Gasteiger partial charge in [0, 0.05) is 31.4 Å². The number of nitrogens with zero attached hydrogens (tertiary/aromatic N) is 2. The van der Waals surface area contributed by atoms with Crippen molar-refractivity contribution in [1.29, 1.82) is 0 Å². The molecule has 3 rings (SSSR count). The summed E-state index contributed by atoms with van der Waals surface area (Å²) in [7, 11) is 1.48. The first-order valence-corrected chi connectivity index (χ1v) is 10.6. The van der Waals surface area contributed by atoms with Crippen LogP contribution in [0.4, 0.5) is 13.2 Å². The Kier molecular flexibility index (Phi) is 7.68. The van der Waals surface area contributed by atoms with Crippen molar-refractivity contribution in [2.24, 2.45) is 0 Å². The van der Waals surface area contributed by atoms with Crippen LogP contribution in [0.25, 0.3) is 0 Å². The van der Waals surface area contributed by atoms with Crippen LogP contribution in [0, 0.1) is 17.7 Å². The minimum Gasteiger partial charge on any atom is -0.354 e. The molecule has 0 saturated heterocycles. The zero-order valence-electron chi connectivity index (χ0n) is 17.0. The van der Waals surface area contributed by atoms with Gasteiger partial charge >= 0.3 is 0 Å². The summed E-state index contributed by atoms with van der Waals surface area (Å²) in [4.78, 5) is 40.1. The first-order chi connectivity index (χ1) is 15.7. The van der Waals surface area contributed by atoms with Gasteiger partial charge in [-0.3, -0.25) is 19.4 Å². The number of aromatic nitrogens is 2. The zero-order valence-corrected chi connectivity index (χ0v) is 18.6. The van der Waals surface area contributed by atoms with Crippen molar-refractivity contribution in [2.75, 3.05) is 7.05 Å². The van der Waals surface area contributed by atoms with Crippen LogP contribution in [0.3, 0.4) is 0 Å². The number of Topliss-reactive ketones (excluding diaryl/α,β-unsaturated/α-hetero) is 1. The van der Waals surface area contributed by atoms with Crippen LogP contribution in [0.1, 0.15) is 36.9 Å². The monoisotopic (exact) mass is 493 g/mol. The maximum atomic E-state index is 13.8. The maximum absolute atomic E-state index is 13.8. The van der Waals surface area contributed by atoms with Crippen LogP contribution in [0.2, 0.25) is 4.34 Å². The number of amides is 1. The van der Waals surface area contributed by atoms with Crippen LogP contribution in [0.15, 0.2) is 41.5 Å². The zero-order chi connectivity index (χ0) is 24.1. The number of thiophene rings is 1. The molecule has 0 saturated carbocycles. The van der Waals surface area contributed by atoms with Gasteiger partial charge in [0.1, 0.15) is 10.0 Å². The Bertz CT molecular complexity index is 1340. The van der Waals surface area contributed by atoms with Gasteiger partial charge in [0.2, 0.25) is 0 Å². The van der Waals surface area contributed by atoms with Gasteiger partial charge in [0.15, 0.2) is 11.6 Å². The van der Waals surface area contributed by atoms with Gasteiger partial charge in [0.05, 0.1) is 17.0 Å². The molecule has 0 atom stereocenters. The number of nitrogens with one attached hydrogen (secondary N) is 1. The lowest BCUT2D eigenvalue weighted by atomic mass is 10.1. The molecule has 3 heterocycles. The molecular weight excluding hydrogens is 479 g/mol. The molecule has 0 unspecified atom stereocenters. The highest BCUT2D eigenvalue weighted by Crippen LogP contribution is 2.28. The second-order valence-electron chi connectivity index (χ2n) is 6.70. The Labute approximate surface area is 195 Å². The fourth-order valence-corrected chi connectivity index (χ4v) is 3.93. The van der Waals surface area contributed by atoms with E-state index in [1.807, 2.05) is 0 Å². The van der Waals surface area contributed by atoms with Crippen molar-refractivity contribution in [2.45, 2.75) is 19.4 Å². The minimum atomic E-state index is -2.85. The lowest BCUT2D eigenvalue weighted by Gasteiger charge is -2.08. The molecule has 170 valence electrons. The van der Waals surface area contributed by atoms with Gasteiger partial charge in [-0.1, -0.05) is 23.4 Å². The number of hydrogen-bond acceptors (Lipinski definition) is 5. The highest BCUT2D eigenvalue weighted by Gasteiger charge is 2.16. The van der Waals surface area contributed by atoms with Crippen LogP contribution >= 0.6 is 22.9 Å². The molecule has 11 heteroatoms. The average molecular weight is 494 g/mol. The van der Waals surface area contributed by atoms with E-state index in [1.54, 1.807) is 6.07 Å². The SMILES string of the molecule is CNC(=O)c1cc(C#Cc2cc(C(=O)Cc3cc(F)c(=O)n(CC(F)F)c3)sc2Cl)ccn1. The number of ketones is 1. The summed E-state index contributed by atoms with van der Waals surface area (Å²) in [6.45, 7) is -0.973. The molecule has 0 aromatic carbocycles. The molecule has 6 nitrogen and oxygen atoms in total. The number of rotatable bonds is 6. The van der Waals surface area contributed by atoms with E-state index in [-0.39, 0.29) is 32.8 Å². The number of hydrogen-bond donors (Lipinski definition) is 1. The molecule has 3 aromatic rings. The van der Waals surface area contributed by atoms with Crippen molar-refractivity contribution < 1.29 is 22.8 Å². The lowest BCUT2D eigenvalue weighted by Crippen LogP contribution is -2.26. The van der Waals surface area contributed by atoms with Gasteiger partial charge in [-0.2, -0.15) is 0 Å². The first-order valence-electron chi connectivity index (χ1n) is 9.37. The third-order valence-corrected chi connectivity index (χ3v) is 5.72. The molecule has 1 amide bonds. The summed E-state index contributed by atoms with van der Waals surface area (Å²) in [5, 5.41) is 2.46. The van der Waals surface area contributed by atoms with E-state index in [4.69, 9.17) is 11.6 Å². The Morgan fingerprint density at radius 1 is 1.27 bits per heavy atom. The van der Waals surface area contributed by atoms with Crippen molar-refractivity contribution >= 4 is 34.6 Å². The smallest absolute Gasteiger partial charge is 0.286 e. The fourth-order valence-electron chi connectivity index (χ4n) is 2.80. The van der Waals surface area contributed by atoms with Gasteiger partial charge in [-0.25, -0.2) is 13.2 Å². The summed E-state index contributed by atoms with van der Waals surface area (Å²) < 4.78 is 39.8. The molecule has 1 N–H and O–H groups in total. The van der Waals surface area contributed by atoms with Crippen molar-refractivity contribution in [3.63, 3.8) is 0 Å². The third kappa shape index (κ3) is 6.09. The molecule has 0 fully saturated rings. The quantitative estimate of drug-likeness (QED) is 0.421.